The minimum atomic E-state index is -1.29. The van der Waals surface area contributed by atoms with E-state index in [0.29, 0.717) is 0 Å². The predicted molar refractivity (Wildman–Crippen MR) is 61.2 cm³/mol. The van der Waals surface area contributed by atoms with Crippen molar-refractivity contribution in [3.05, 3.63) is 70.0 Å². The molecule has 0 aliphatic rings. The van der Waals surface area contributed by atoms with Gasteiger partial charge in [0, 0.05) is 5.02 Å². The molecule has 18 heavy (non-hydrogen) atoms. The summed E-state index contributed by atoms with van der Waals surface area (Å²) in [6, 6.07) is 6.52. The number of ketones is 1. The lowest BCUT2D eigenvalue weighted by Gasteiger charge is -2.04. The highest BCUT2D eigenvalue weighted by atomic mass is 35.5. The molecule has 5 heteroatoms. The maximum absolute atomic E-state index is 13.5. The van der Waals surface area contributed by atoms with Crippen molar-refractivity contribution in [2.45, 2.75) is 0 Å². The molecule has 1 nitrogen and oxygen atoms in total. The Morgan fingerprint density at radius 2 is 1.67 bits per heavy atom. The number of rotatable bonds is 2. The van der Waals surface area contributed by atoms with Crippen LogP contribution >= 0.6 is 11.6 Å². The van der Waals surface area contributed by atoms with Gasteiger partial charge in [0.1, 0.15) is 5.82 Å². The van der Waals surface area contributed by atoms with Crippen LogP contribution in [0.3, 0.4) is 0 Å². The van der Waals surface area contributed by atoms with Gasteiger partial charge in [-0.1, -0.05) is 17.7 Å². The zero-order chi connectivity index (χ0) is 13.3. The molecule has 0 fully saturated rings. The third-order valence-electron chi connectivity index (χ3n) is 2.37. The Kier molecular flexibility index (Phi) is 3.39. The molecule has 0 heterocycles. The van der Waals surface area contributed by atoms with E-state index in [4.69, 9.17) is 11.6 Å². The fraction of sp³-hybridized carbons (Fsp3) is 0. The number of halogens is 4. The number of carbonyl (C=O) groups excluding carboxylic acids is 1. The van der Waals surface area contributed by atoms with Crippen LogP contribution in [0.4, 0.5) is 13.2 Å². The molecule has 0 atom stereocenters. The smallest absolute Gasteiger partial charge is 0.199 e. The zero-order valence-corrected chi connectivity index (χ0v) is 9.64. The van der Waals surface area contributed by atoms with Crippen LogP contribution in [0.5, 0.6) is 0 Å². The van der Waals surface area contributed by atoms with Crippen molar-refractivity contribution in [2.75, 3.05) is 0 Å². The average molecular weight is 271 g/mol. The summed E-state index contributed by atoms with van der Waals surface area (Å²) in [6.07, 6.45) is 0. The molecule has 0 aromatic heterocycles. The second kappa shape index (κ2) is 4.82. The van der Waals surface area contributed by atoms with Gasteiger partial charge < -0.3 is 0 Å². The first-order valence-electron chi connectivity index (χ1n) is 4.94. The highest BCUT2D eigenvalue weighted by Crippen LogP contribution is 2.20. The molecule has 0 unspecified atom stereocenters. The molecule has 92 valence electrons. The number of hydrogen-bond donors (Lipinski definition) is 0. The van der Waals surface area contributed by atoms with Crippen LogP contribution in [0.15, 0.2) is 36.4 Å². The summed E-state index contributed by atoms with van der Waals surface area (Å²) in [5.74, 6) is -4.26. The van der Waals surface area contributed by atoms with E-state index >= 15 is 0 Å². The van der Waals surface area contributed by atoms with E-state index in [-0.39, 0.29) is 10.6 Å². The average Bonchev–Trinajstić information content (AvgIpc) is 2.32. The first kappa shape index (κ1) is 12.6. The Morgan fingerprint density at radius 1 is 0.944 bits per heavy atom. The van der Waals surface area contributed by atoms with E-state index in [1.807, 2.05) is 0 Å². The van der Waals surface area contributed by atoms with Crippen LogP contribution in [-0.4, -0.2) is 5.78 Å². The second-order valence-electron chi connectivity index (χ2n) is 3.55. The molecule has 0 radical (unpaired) electrons. The van der Waals surface area contributed by atoms with Gasteiger partial charge in [0.25, 0.3) is 0 Å². The van der Waals surface area contributed by atoms with Crippen LogP contribution in [0.2, 0.25) is 5.02 Å². The molecule has 0 N–H and O–H groups in total. The maximum Gasteiger partial charge on any atom is 0.199 e. The second-order valence-corrected chi connectivity index (χ2v) is 3.99. The van der Waals surface area contributed by atoms with E-state index in [0.717, 1.165) is 24.3 Å². The SMILES string of the molecule is O=C(c1ccc(Cl)cc1F)c1cccc(F)c1F. The Balaban J connectivity index is 2.51. The van der Waals surface area contributed by atoms with E-state index in [2.05, 4.69) is 0 Å². The Bertz CT molecular complexity index is 626. The normalized spacial score (nSPS) is 10.4. The molecule has 2 rings (SSSR count). The molecule has 0 amide bonds. The largest absolute Gasteiger partial charge is 0.288 e. The highest BCUT2D eigenvalue weighted by molar-refractivity contribution is 6.30. The molecule has 0 saturated heterocycles. The van der Waals surface area contributed by atoms with Gasteiger partial charge in [-0.2, -0.15) is 0 Å². The Hall–Kier alpha value is -1.81. The van der Waals surface area contributed by atoms with Gasteiger partial charge >= 0.3 is 0 Å². The van der Waals surface area contributed by atoms with Crippen LogP contribution in [0, 0.1) is 17.5 Å². The van der Waals surface area contributed by atoms with Crippen LogP contribution in [0.1, 0.15) is 15.9 Å². The number of carbonyl (C=O) groups is 1. The van der Waals surface area contributed by atoms with Crippen molar-refractivity contribution < 1.29 is 18.0 Å². The summed E-state index contributed by atoms with van der Waals surface area (Å²) in [5, 5.41) is 0.115. The maximum atomic E-state index is 13.5. The summed E-state index contributed by atoms with van der Waals surface area (Å²) in [7, 11) is 0. The quantitative estimate of drug-likeness (QED) is 0.754. The van der Waals surface area contributed by atoms with Crippen LogP contribution < -0.4 is 0 Å². The van der Waals surface area contributed by atoms with Gasteiger partial charge in [0.15, 0.2) is 17.4 Å². The van der Waals surface area contributed by atoms with Gasteiger partial charge in [-0.3, -0.25) is 4.79 Å². The van der Waals surface area contributed by atoms with Crippen molar-refractivity contribution in [3.63, 3.8) is 0 Å². The van der Waals surface area contributed by atoms with Crippen LogP contribution in [0.25, 0.3) is 0 Å². The predicted octanol–water partition coefficient (Wildman–Crippen LogP) is 3.99. The monoisotopic (exact) mass is 270 g/mol. The lowest BCUT2D eigenvalue weighted by Crippen LogP contribution is -2.07. The standard InChI is InChI=1S/C13H6ClF3O/c14-7-4-5-8(11(16)6-7)13(18)9-2-1-3-10(15)12(9)17/h1-6H. The molecule has 0 aliphatic heterocycles. The van der Waals surface area contributed by atoms with Gasteiger partial charge in [-0.15, -0.1) is 0 Å². The Morgan fingerprint density at radius 3 is 2.33 bits per heavy atom. The minimum absolute atomic E-state index is 0.115. The minimum Gasteiger partial charge on any atom is -0.288 e. The van der Waals surface area contributed by atoms with E-state index in [9.17, 15) is 18.0 Å². The van der Waals surface area contributed by atoms with E-state index in [1.165, 1.54) is 12.1 Å². The third-order valence-corrected chi connectivity index (χ3v) is 2.61. The van der Waals surface area contributed by atoms with Crippen molar-refractivity contribution in [1.29, 1.82) is 0 Å². The van der Waals surface area contributed by atoms with Crippen molar-refractivity contribution in [3.8, 4) is 0 Å². The van der Waals surface area contributed by atoms with Gasteiger partial charge in [-0.05, 0) is 30.3 Å². The van der Waals surface area contributed by atoms with Crippen molar-refractivity contribution >= 4 is 17.4 Å². The molecule has 0 bridgehead atoms. The molecule has 0 saturated carbocycles. The van der Waals surface area contributed by atoms with E-state index in [1.54, 1.807) is 0 Å². The first-order chi connectivity index (χ1) is 8.50. The molecule has 2 aromatic carbocycles. The number of hydrogen-bond acceptors (Lipinski definition) is 1. The summed E-state index contributed by atoms with van der Waals surface area (Å²) >= 11 is 5.54. The van der Waals surface area contributed by atoms with Crippen molar-refractivity contribution in [2.24, 2.45) is 0 Å². The third kappa shape index (κ3) is 2.24. The summed E-state index contributed by atoms with van der Waals surface area (Å²) < 4.78 is 39.9. The molecule has 0 aliphatic carbocycles. The van der Waals surface area contributed by atoms with Gasteiger partial charge in [0.05, 0.1) is 11.1 Å². The van der Waals surface area contributed by atoms with Crippen molar-refractivity contribution in [1.82, 2.24) is 0 Å². The highest BCUT2D eigenvalue weighted by Gasteiger charge is 2.19. The van der Waals surface area contributed by atoms with Gasteiger partial charge in [-0.25, -0.2) is 13.2 Å². The topological polar surface area (TPSA) is 17.1 Å². The lowest BCUT2D eigenvalue weighted by molar-refractivity contribution is 0.103. The van der Waals surface area contributed by atoms with E-state index < -0.39 is 28.8 Å². The zero-order valence-electron chi connectivity index (χ0n) is 8.88. The fourth-order valence-electron chi connectivity index (χ4n) is 1.50. The first-order valence-corrected chi connectivity index (χ1v) is 5.32. The summed E-state index contributed by atoms with van der Waals surface area (Å²) in [4.78, 5) is 11.9. The fourth-order valence-corrected chi connectivity index (χ4v) is 1.66. The van der Waals surface area contributed by atoms with Gasteiger partial charge in [0.2, 0.25) is 0 Å². The molecular formula is C13H6ClF3O. The summed E-state index contributed by atoms with van der Waals surface area (Å²) in [5.41, 5.74) is -0.875. The molecular weight excluding hydrogens is 265 g/mol. The summed E-state index contributed by atoms with van der Waals surface area (Å²) in [6.45, 7) is 0. The molecule has 0 spiro atoms. The molecule has 2 aromatic rings. The number of benzene rings is 2. The lowest BCUT2D eigenvalue weighted by atomic mass is 10.0. The van der Waals surface area contributed by atoms with Crippen LogP contribution in [-0.2, 0) is 0 Å². The Labute approximate surface area is 106 Å².